The van der Waals surface area contributed by atoms with Crippen molar-refractivity contribution in [3.8, 4) is 5.75 Å². The molecule has 2 aliphatic rings. The lowest BCUT2D eigenvalue weighted by atomic mass is 10.0. The van der Waals surface area contributed by atoms with E-state index in [1.165, 1.54) is 0 Å². The maximum atomic E-state index is 13.0. The fraction of sp³-hybridized carbons (Fsp3) is 0.381. The Morgan fingerprint density at radius 1 is 1.29 bits per heavy atom. The smallest absolute Gasteiger partial charge is 0.267 e. The van der Waals surface area contributed by atoms with Crippen LogP contribution in [0.5, 0.6) is 5.75 Å². The van der Waals surface area contributed by atoms with Crippen LogP contribution in [0.4, 0.5) is 5.69 Å². The fourth-order valence-corrected chi connectivity index (χ4v) is 3.81. The van der Waals surface area contributed by atoms with E-state index in [0.717, 1.165) is 17.8 Å². The van der Waals surface area contributed by atoms with Gasteiger partial charge in [0.1, 0.15) is 5.75 Å². The van der Waals surface area contributed by atoms with Gasteiger partial charge in [0.25, 0.3) is 5.91 Å². The van der Waals surface area contributed by atoms with Crippen LogP contribution in [0, 0.1) is 0 Å². The summed E-state index contributed by atoms with van der Waals surface area (Å²) in [4.78, 5) is 33.4. The second-order valence-corrected chi connectivity index (χ2v) is 7.06. The predicted molar refractivity (Wildman–Crippen MR) is 105 cm³/mol. The molecule has 2 aromatic rings. The summed E-state index contributed by atoms with van der Waals surface area (Å²) in [5, 5.41) is 3.35. The second-order valence-electron chi connectivity index (χ2n) is 7.06. The van der Waals surface area contributed by atoms with Gasteiger partial charge in [0.2, 0.25) is 5.91 Å². The number of aromatic nitrogens is 1. The lowest BCUT2D eigenvalue weighted by molar-refractivity contribution is -0.134. The number of piperazine rings is 1. The Morgan fingerprint density at radius 3 is 2.96 bits per heavy atom. The summed E-state index contributed by atoms with van der Waals surface area (Å²) >= 11 is 0. The third kappa shape index (κ3) is 3.57. The summed E-state index contributed by atoms with van der Waals surface area (Å²) in [6, 6.07) is 11.3. The third-order valence-corrected chi connectivity index (χ3v) is 5.26. The molecule has 2 aliphatic heterocycles. The molecule has 2 unspecified atom stereocenters. The van der Waals surface area contributed by atoms with Crippen LogP contribution in [0.15, 0.2) is 48.8 Å². The molecule has 0 spiro atoms. The highest BCUT2D eigenvalue weighted by Crippen LogP contribution is 2.33. The molecule has 146 valence electrons. The molecule has 0 aliphatic carbocycles. The van der Waals surface area contributed by atoms with Crippen molar-refractivity contribution in [1.29, 1.82) is 0 Å². The van der Waals surface area contributed by atoms with Crippen LogP contribution < -0.4 is 15.0 Å². The van der Waals surface area contributed by atoms with Crippen molar-refractivity contribution in [2.24, 2.45) is 0 Å². The normalized spacial score (nSPS) is 21.8. The molecule has 2 atom stereocenters. The molecule has 1 aromatic carbocycles. The first-order chi connectivity index (χ1) is 13.6. The number of carbonyl (C=O) groups excluding carboxylic acids is 2. The molecule has 1 saturated heterocycles. The van der Waals surface area contributed by atoms with Gasteiger partial charge in [0.15, 0.2) is 6.10 Å². The monoisotopic (exact) mass is 380 g/mol. The number of carbonyl (C=O) groups is 2. The van der Waals surface area contributed by atoms with Crippen molar-refractivity contribution < 1.29 is 14.3 Å². The zero-order valence-corrected chi connectivity index (χ0v) is 15.9. The molecule has 7 heteroatoms. The van der Waals surface area contributed by atoms with Crippen LogP contribution in [0.1, 0.15) is 24.9 Å². The van der Waals surface area contributed by atoms with Gasteiger partial charge in [-0.1, -0.05) is 18.2 Å². The van der Waals surface area contributed by atoms with Crippen molar-refractivity contribution >= 4 is 17.5 Å². The van der Waals surface area contributed by atoms with Gasteiger partial charge in [0, 0.05) is 45.0 Å². The second kappa shape index (κ2) is 7.98. The Hall–Kier alpha value is -2.93. The number of anilines is 1. The van der Waals surface area contributed by atoms with Crippen LogP contribution in [0.25, 0.3) is 0 Å². The van der Waals surface area contributed by atoms with E-state index in [9.17, 15) is 9.59 Å². The van der Waals surface area contributed by atoms with E-state index in [1.54, 1.807) is 24.2 Å². The molecule has 2 amide bonds. The molecule has 0 bridgehead atoms. The van der Waals surface area contributed by atoms with Gasteiger partial charge in [-0.15, -0.1) is 0 Å². The van der Waals surface area contributed by atoms with Crippen LogP contribution in [-0.4, -0.2) is 54.0 Å². The van der Waals surface area contributed by atoms with E-state index in [2.05, 4.69) is 10.3 Å². The van der Waals surface area contributed by atoms with Gasteiger partial charge in [-0.3, -0.25) is 14.6 Å². The highest BCUT2D eigenvalue weighted by molar-refractivity contribution is 6.00. The maximum Gasteiger partial charge on any atom is 0.267 e. The van der Waals surface area contributed by atoms with Gasteiger partial charge in [-0.05, 0) is 30.7 Å². The number of ether oxygens (including phenoxy) is 1. The number of fused-ring (bicyclic) bond motifs is 1. The standard InChI is InChI=1S/C21H24N4O3/c1-15-21(27)25(17-6-2-3-7-19(17)28-15)11-8-20(26)24-12-10-23-14-18(24)16-5-4-9-22-13-16/h2-7,9,13,15,18,23H,8,10-12,14H2,1H3. The van der Waals surface area contributed by atoms with E-state index in [1.807, 2.05) is 41.3 Å². The van der Waals surface area contributed by atoms with Gasteiger partial charge in [-0.2, -0.15) is 0 Å². The van der Waals surface area contributed by atoms with Crippen molar-refractivity contribution in [2.75, 3.05) is 31.1 Å². The molecule has 1 aromatic heterocycles. The highest BCUT2D eigenvalue weighted by atomic mass is 16.5. The van der Waals surface area contributed by atoms with Crippen LogP contribution in [-0.2, 0) is 9.59 Å². The molecule has 1 fully saturated rings. The lowest BCUT2D eigenvalue weighted by Gasteiger charge is -2.37. The van der Waals surface area contributed by atoms with Crippen LogP contribution >= 0.6 is 0 Å². The first-order valence-corrected chi connectivity index (χ1v) is 9.62. The number of hydrogen-bond donors (Lipinski definition) is 1. The molecule has 28 heavy (non-hydrogen) atoms. The lowest BCUT2D eigenvalue weighted by Crippen LogP contribution is -2.50. The quantitative estimate of drug-likeness (QED) is 0.875. The summed E-state index contributed by atoms with van der Waals surface area (Å²) in [6.45, 7) is 4.18. The first-order valence-electron chi connectivity index (χ1n) is 9.62. The van der Waals surface area contributed by atoms with E-state index >= 15 is 0 Å². The molecular formula is C21H24N4O3. The number of nitrogens with one attached hydrogen (secondary N) is 1. The molecule has 4 rings (SSSR count). The molecule has 0 radical (unpaired) electrons. The highest BCUT2D eigenvalue weighted by Gasteiger charge is 2.33. The van der Waals surface area contributed by atoms with Crippen LogP contribution in [0.3, 0.4) is 0 Å². The summed E-state index contributed by atoms with van der Waals surface area (Å²) in [7, 11) is 0. The average molecular weight is 380 g/mol. The summed E-state index contributed by atoms with van der Waals surface area (Å²) in [6.07, 6.45) is 3.26. The van der Waals surface area contributed by atoms with Crippen molar-refractivity contribution in [3.05, 3.63) is 54.4 Å². The molecule has 3 heterocycles. The minimum atomic E-state index is -0.549. The van der Waals surface area contributed by atoms with Gasteiger partial charge >= 0.3 is 0 Å². The Labute approximate surface area is 164 Å². The fourth-order valence-electron chi connectivity index (χ4n) is 3.81. The number of rotatable bonds is 4. The third-order valence-electron chi connectivity index (χ3n) is 5.26. The number of nitrogens with zero attached hydrogens (tertiary/aromatic N) is 3. The van der Waals surface area contributed by atoms with Crippen LogP contribution in [0.2, 0.25) is 0 Å². The zero-order chi connectivity index (χ0) is 19.5. The van der Waals surface area contributed by atoms with E-state index < -0.39 is 6.10 Å². The van der Waals surface area contributed by atoms with Crippen molar-refractivity contribution in [3.63, 3.8) is 0 Å². The number of pyridine rings is 1. The SMILES string of the molecule is CC1Oc2ccccc2N(CCC(=O)N2CCNCC2c2cccnc2)C1=O. The van der Waals surface area contributed by atoms with Gasteiger partial charge < -0.3 is 19.9 Å². The molecule has 1 N–H and O–H groups in total. The van der Waals surface area contributed by atoms with Crippen molar-refractivity contribution in [2.45, 2.75) is 25.5 Å². The summed E-state index contributed by atoms with van der Waals surface area (Å²) in [5.74, 6) is 0.604. The molecular weight excluding hydrogens is 356 g/mol. The first kappa shape index (κ1) is 18.4. The summed E-state index contributed by atoms with van der Waals surface area (Å²) in [5.41, 5.74) is 1.74. The van der Waals surface area contributed by atoms with Gasteiger partial charge in [0.05, 0.1) is 11.7 Å². The topological polar surface area (TPSA) is 74.8 Å². The number of amides is 2. The molecule has 7 nitrogen and oxygen atoms in total. The number of para-hydroxylation sites is 2. The van der Waals surface area contributed by atoms with Gasteiger partial charge in [-0.25, -0.2) is 0 Å². The van der Waals surface area contributed by atoms with Crippen molar-refractivity contribution in [1.82, 2.24) is 15.2 Å². The largest absolute Gasteiger partial charge is 0.479 e. The van der Waals surface area contributed by atoms with E-state index in [0.29, 0.717) is 25.4 Å². The Morgan fingerprint density at radius 2 is 2.14 bits per heavy atom. The number of hydrogen-bond acceptors (Lipinski definition) is 5. The zero-order valence-electron chi connectivity index (χ0n) is 15.9. The molecule has 0 saturated carbocycles. The minimum Gasteiger partial charge on any atom is -0.479 e. The van der Waals surface area contributed by atoms with E-state index in [-0.39, 0.29) is 24.3 Å². The predicted octanol–water partition coefficient (Wildman–Crippen LogP) is 1.76. The minimum absolute atomic E-state index is 0.0402. The summed E-state index contributed by atoms with van der Waals surface area (Å²) < 4.78 is 5.67. The van der Waals surface area contributed by atoms with E-state index in [4.69, 9.17) is 4.74 Å². The number of benzene rings is 1. The Balaban J connectivity index is 1.48. The average Bonchev–Trinajstić information content (AvgIpc) is 2.74. The Bertz CT molecular complexity index is 858. The maximum absolute atomic E-state index is 13.0. The Kier molecular flexibility index (Phi) is 5.25.